The second-order valence-corrected chi connectivity index (χ2v) is 7.60. The molecule has 0 aliphatic heterocycles. The van der Waals surface area contributed by atoms with E-state index in [9.17, 15) is 27.2 Å². The quantitative estimate of drug-likeness (QED) is 0.201. The molecule has 4 aromatic rings. The van der Waals surface area contributed by atoms with Crippen molar-refractivity contribution in [2.75, 3.05) is 5.32 Å². The van der Waals surface area contributed by atoms with Crippen molar-refractivity contribution in [3.8, 4) is 0 Å². The van der Waals surface area contributed by atoms with Crippen LogP contribution in [0, 0.1) is 5.82 Å². The van der Waals surface area contributed by atoms with Gasteiger partial charge >= 0.3 is 6.18 Å². The Morgan fingerprint density at radius 1 is 0.857 bits per heavy atom. The number of pyridine rings is 1. The van der Waals surface area contributed by atoms with Crippen molar-refractivity contribution in [3.63, 3.8) is 0 Å². The van der Waals surface area contributed by atoms with Gasteiger partial charge in [0.1, 0.15) is 5.82 Å². The highest BCUT2D eigenvalue weighted by Gasteiger charge is 2.30. The second-order valence-electron chi connectivity index (χ2n) is 7.60. The fourth-order valence-corrected chi connectivity index (χ4v) is 3.53. The molecule has 0 fully saturated rings. The molecular weight excluding hydrogens is 460 g/mol. The van der Waals surface area contributed by atoms with Crippen LogP contribution < -0.4 is 10.9 Å². The summed E-state index contributed by atoms with van der Waals surface area (Å²) in [6.07, 6.45) is -0.183. The van der Waals surface area contributed by atoms with Gasteiger partial charge in [0, 0.05) is 17.5 Å². The SMILES string of the molecule is O=C(/C=C/C=C(/c1ccc(F)cc1)c1ccc(C(F)(F)F)cc1)Nc1cccc2[nH]c(=O)ccc12. The zero-order valence-corrected chi connectivity index (χ0v) is 18.1. The number of benzene rings is 3. The molecule has 0 bridgehead atoms. The number of halogens is 4. The van der Waals surface area contributed by atoms with Gasteiger partial charge in [0.25, 0.3) is 0 Å². The highest BCUT2D eigenvalue weighted by atomic mass is 19.4. The first-order valence-electron chi connectivity index (χ1n) is 10.5. The maximum atomic E-state index is 13.4. The molecule has 1 amide bonds. The van der Waals surface area contributed by atoms with Gasteiger partial charge in [0.15, 0.2) is 0 Å². The van der Waals surface area contributed by atoms with E-state index in [4.69, 9.17) is 0 Å². The highest BCUT2D eigenvalue weighted by Crippen LogP contribution is 2.31. The number of carbonyl (C=O) groups is 1. The number of nitrogens with one attached hydrogen (secondary N) is 2. The van der Waals surface area contributed by atoms with Crippen LogP contribution in [0.15, 0.2) is 102 Å². The number of aromatic nitrogens is 1. The van der Waals surface area contributed by atoms with Gasteiger partial charge in [-0.3, -0.25) is 9.59 Å². The maximum Gasteiger partial charge on any atom is 0.416 e. The minimum Gasteiger partial charge on any atom is -0.322 e. The minimum atomic E-state index is -4.47. The van der Waals surface area contributed by atoms with E-state index in [-0.39, 0.29) is 5.56 Å². The number of rotatable bonds is 5. The molecule has 2 N–H and O–H groups in total. The van der Waals surface area contributed by atoms with Crippen molar-refractivity contribution < 1.29 is 22.4 Å². The number of allylic oxidation sites excluding steroid dienone is 2. The Bertz CT molecular complexity index is 1480. The van der Waals surface area contributed by atoms with Gasteiger partial charge in [-0.15, -0.1) is 0 Å². The summed E-state index contributed by atoms with van der Waals surface area (Å²) in [5.41, 5.74) is 1.56. The smallest absolute Gasteiger partial charge is 0.322 e. The van der Waals surface area contributed by atoms with Crippen LogP contribution in [0.5, 0.6) is 0 Å². The van der Waals surface area contributed by atoms with E-state index < -0.39 is 23.5 Å². The number of carbonyl (C=O) groups excluding carboxylic acids is 1. The summed E-state index contributed by atoms with van der Waals surface area (Å²) in [7, 11) is 0. The van der Waals surface area contributed by atoms with Crippen LogP contribution in [0.25, 0.3) is 16.5 Å². The molecule has 0 radical (unpaired) electrons. The highest BCUT2D eigenvalue weighted by molar-refractivity contribution is 6.05. The van der Waals surface area contributed by atoms with Crippen LogP contribution >= 0.6 is 0 Å². The molecule has 0 spiro atoms. The van der Waals surface area contributed by atoms with Crippen molar-refractivity contribution in [3.05, 3.63) is 130 Å². The number of fused-ring (bicyclic) bond motifs is 1. The van der Waals surface area contributed by atoms with Gasteiger partial charge in [-0.05, 0) is 59.2 Å². The monoisotopic (exact) mass is 478 g/mol. The van der Waals surface area contributed by atoms with Crippen LogP contribution in [-0.4, -0.2) is 10.9 Å². The van der Waals surface area contributed by atoms with E-state index in [2.05, 4.69) is 10.3 Å². The van der Waals surface area contributed by atoms with Gasteiger partial charge in [0.05, 0.1) is 16.8 Å². The standard InChI is InChI=1S/C27H18F4N2O2/c28-20-13-9-18(10-14-20)21(17-7-11-19(12-8-17)27(29,30)31)3-1-6-25(34)32-23-4-2-5-24-22(23)15-16-26(35)33-24/h1-16H,(H,32,34)(H,33,35)/b6-1+,21-3+. The number of alkyl halides is 3. The third-order valence-electron chi connectivity index (χ3n) is 5.21. The third-order valence-corrected chi connectivity index (χ3v) is 5.21. The number of H-pyrrole nitrogens is 1. The Morgan fingerprint density at radius 3 is 2.17 bits per heavy atom. The van der Waals surface area contributed by atoms with Crippen molar-refractivity contribution in [2.45, 2.75) is 6.18 Å². The number of amides is 1. The fraction of sp³-hybridized carbons (Fsp3) is 0.0370. The van der Waals surface area contributed by atoms with Crippen LogP contribution in [0.4, 0.5) is 23.2 Å². The lowest BCUT2D eigenvalue weighted by Gasteiger charge is -2.11. The van der Waals surface area contributed by atoms with Crippen LogP contribution in [0.3, 0.4) is 0 Å². The van der Waals surface area contributed by atoms with E-state index in [1.165, 1.54) is 54.6 Å². The third kappa shape index (κ3) is 5.73. The maximum absolute atomic E-state index is 13.4. The van der Waals surface area contributed by atoms with E-state index >= 15 is 0 Å². The van der Waals surface area contributed by atoms with Crippen molar-refractivity contribution in [2.24, 2.45) is 0 Å². The van der Waals surface area contributed by atoms with Crippen LogP contribution in [0.1, 0.15) is 16.7 Å². The molecule has 0 aliphatic rings. The average molecular weight is 478 g/mol. The zero-order valence-electron chi connectivity index (χ0n) is 18.1. The summed E-state index contributed by atoms with van der Waals surface area (Å²) >= 11 is 0. The Morgan fingerprint density at radius 2 is 1.51 bits per heavy atom. The summed E-state index contributed by atoms with van der Waals surface area (Å²) in [4.78, 5) is 26.7. The first-order chi connectivity index (χ1) is 16.7. The summed E-state index contributed by atoms with van der Waals surface area (Å²) < 4.78 is 52.2. The summed E-state index contributed by atoms with van der Waals surface area (Å²) in [6, 6.07) is 18.1. The van der Waals surface area contributed by atoms with E-state index in [1.807, 2.05) is 0 Å². The number of aromatic amines is 1. The molecule has 3 aromatic carbocycles. The number of anilines is 1. The molecule has 4 rings (SSSR count). The Balaban J connectivity index is 1.61. The topological polar surface area (TPSA) is 62.0 Å². The molecule has 176 valence electrons. The van der Waals surface area contributed by atoms with Crippen LogP contribution in [0.2, 0.25) is 0 Å². The normalized spacial score (nSPS) is 12.3. The number of hydrogen-bond donors (Lipinski definition) is 2. The first-order valence-corrected chi connectivity index (χ1v) is 10.5. The van der Waals surface area contributed by atoms with Crippen molar-refractivity contribution >= 4 is 28.1 Å². The number of hydrogen-bond acceptors (Lipinski definition) is 2. The van der Waals surface area contributed by atoms with E-state index in [1.54, 1.807) is 30.3 Å². The van der Waals surface area contributed by atoms with E-state index in [0.29, 0.717) is 33.3 Å². The Kier molecular flexibility index (Phi) is 6.64. The summed E-state index contributed by atoms with van der Waals surface area (Å²) in [5, 5.41) is 3.39. The predicted molar refractivity (Wildman–Crippen MR) is 127 cm³/mol. The lowest BCUT2D eigenvalue weighted by molar-refractivity contribution is -0.137. The minimum absolute atomic E-state index is 0.261. The van der Waals surface area contributed by atoms with Crippen molar-refractivity contribution in [1.29, 1.82) is 0 Å². The van der Waals surface area contributed by atoms with E-state index in [0.717, 1.165) is 12.1 Å². The largest absolute Gasteiger partial charge is 0.416 e. The molecule has 35 heavy (non-hydrogen) atoms. The first kappa shape index (κ1) is 23.7. The Labute approximate surface area is 197 Å². The van der Waals surface area contributed by atoms with Gasteiger partial charge in [0.2, 0.25) is 11.5 Å². The van der Waals surface area contributed by atoms with Gasteiger partial charge in [-0.25, -0.2) is 4.39 Å². The molecular formula is C27H18F4N2O2. The van der Waals surface area contributed by atoms with Gasteiger partial charge < -0.3 is 10.3 Å². The van der Waals surface area contributed by atoms with Gasteiger partial charge in [-0.1, -0.05) is 42.5 Å². The molecule has 1 heterocycles. The Hall–Kier alpha value is -4.46. The van der Waals surface area contributed by atoms with Crippen molar-refractivity contribution in [1.82, 2.24) is 4.98 Å². The molecule has 0 atom stereocenters. The molecule has 0 aliphatic carbocycles. The average Bonchev–Trinajstić information content (AvgIpc) is 2.82. The summed E-state index contributed by atoms with van der Waals surface area (Å²) in [5.74, 6) is -0.905. The second kappa shape index (κ2) is 9.80. The molecule has 1 aromatic heterocycles. The molecule has 0 unspecified atom stereocenters. The molecule has 0 saturated heterocycles. The lowest BCUT2D eigenvalue weighted by Crippen LogP contribution is -2.09. The zero-order chi connectivity index (χ0) is 25.0. The molecule has 0 saturated carbocycles. The van der Waals surface area contributed by atoms with Crippen LogP contribution in [-0.2, 0) is 11.0 Å². The fourth-order valence-electron chi connectivity index (χ4n) is 3.53. The van der Waals surface area contributed by atoms with Gasteiger partial charge in [-0.2, -0.15) is 13.2 Å². The summed E-state index contributed by atoms with van der Waals surface area (Å²) in [6.45, 7) is 0. The molecule has 8 heteroatoms. The predicted octanol–water partition coefficient (Wildman–Crippen LogP) is 6.31. The molecule has 4 nitrogen and oxygen atoms in total. The lowest BCUT2D eigenvalue weighted by atomic mass is 9.96.